The minimum Gasteiger partial charge on any atom is -0.405 e. The van der Waals surface area contributed by atoms with Crippen LogP contribution < -0.4 is 5.73 Å². The molecule has 18 heavy (non-hydrogen) atoms. The molecule has 96 valence electrons. The molecule has 1 unspecified atom stereocenters. The summed E-state index contributed by atoms with van der Waals surface area (Å²) >= 11 is 3.56. The first-order valence-corrected chi connectivity index (χ1v) is 7.66. The Morgan fingerprint density at radius 3 is 2.83 bits per heavy atom. The van der Waals surface area contributed by atoms with E-state index in [0.29, 0.717) is 0 Å². The number of rotatable bonds is 4. The van der Waals surface area contributed by atoms with Crippen molar-refractivity contribution < 1.29 is 0 Å². The molecule has 2 nitrogen and oxygen atoms in total. The molecule has 1 atom stereocenters. The van der Waals surface area contributed by atoms with E-state index in [0.717, 1.165) is 16.3 Å². The van der Waals surface area contributed by atoms with Crippen LogP contribution in [-0.2, 0) is 0 Å². The molecule has 1 heterocycles. The van der Waals surface area contributed by atoms with Gasteiger partial charge in [0, 0.05) is 4.75 Å². The van der Waals surface area contributed by atoms with Crippen LogP contribution in [0.3, 0.4) is 0 Å². The Labute approximate surface area is 116 Å². The lowest BCUT2D eigenvalue weighted by Crippen LogP contribution is -2.21. The predicted molar refractivity (Wildman–Crippen MR) is 82.1 cm³/mol. The van der Waals surface area contributed by atoms with Crippen molar-refractivity contribution in [1.82, 2.24) is 4.98 Å². The van der Waals surface area contributed by atoms with Crippen LogP contribution in [0.2, 0.25) is 0 Å². The third-order valence-corrected chi connectivity index (χ3v) is 6.00. The monoisotopic (exact) mass is 278 g/mol. The Bertz CT molecular complexity index is 541. The maximum atomic E-state index is 5.67. The number of nitrogens with two attached hydrogens (primary N) is 1. The second-order valence-electron chi connectivity index (χ2n) is 4.48. The van der Waals surface area contributed by atoms with E-state index in [2.05, 4.69) is 44.0 Å². The molecular weight excluding hydrogens is 260 g/mol. The number of aromatic nitrogens is 1. The van der Waals surface area contributed by atoms with Gasteiger partial charge in [-0.15, -0.1) is 11.3 Å². The maximum Gasteiger partial charge on any atom is 0.151 e. The molecule has 2 N–H and O–H groups in total. The number of para-hydroxylation sites is 1. The Morgan fingerprint density at radius 1 is 1.50 bits per heavy atom. The Balaban J connectivity index is 2.32. The van der Waals surface area contributed by atoms with Crippen LogP contribution in [0.1, 0.15) is 27.2 Å². The van der Waals surface area contributed by atoms with Crippen molar-refractivity contribution in [2.24, 2.45) is 5.73 Å². The summed E-state index contributed by atoms with van der Waals surface area (Å²) < 4.78 is 2.39. The molecule has 0 saturated heterocycles. The first-order chi connectivity index (χ1) is 8.59. The first kappa shape index (κ1) is 13.4. The SMILES string of the molecule is CCC(C)(Sc1nc2ccccc2s1)/C(C)=C/N. The lowest BCUT2D eigenvalue weighted by Gasteiger charge is -2.27. The summed E-state index contributed by atoms with van der Waals surface area (Å²) in [6.45, 7) is 6.50. The van der Waals surface area contributed by atoms with Crippen molar-refractivity contribution in [2.45, 2.75) is 36.3 Å². The molecular formula is C14H18N2S2. The van der Waals surface area contributed by atoms with Gasteiger partial charge in [0.05, 0.1) is 10.2 Å². The van der Waals surface area contributed by atoms with E-state index in [1.807, 2.05) is 17.8 Å². The minimum absolute atomic E-state index is 0.0304. The lowest BCUT2D eigenvalue weighted by atomic mass is 10.00. The van der Waals surface area contributed by atoms with Crippen LogP contribution in [0.15, 0.2) is 40.4 Å². The highest BCUT2D eigenvalue weighted by atomic mass is 32.2. The number of hydrogen-bond donors (Lipinski definition) is 1. The molecule has 1 aromatic carbocycles. The molecule has 0 aliphatic rings. The van der Waals surface area contributed by atoms with Gasteiger partial charge >= 0.3 is 0 Å². The van der Waals surface area contributed by atoms with Crippen LogP contribution in [0, 0.1) is 0 Å². The fourth-order valence-electron chi connectivity index (χ4n) is 1.70. The van der Waals surface area contributed by atoms with Crippen molar-refractivity contribution in [3.05, 3.63) is 36.0 Å². The third-order valence-electron chi connectivity index (χ3n) is 3.35. The molecule has 0 saturated carbocycles. The number of hydrogen-bond acceptors (Lipinski definition) is 4. The number of thioether (sulfide) groups is 1. The summed E-state index contributed by atoms with van der Waals surface area (Å²) in [4.78, 5) is 4.68. The predicted octanol–water partition coefficient (Wildman–Crippen LogP) is 4.42. The quantitative estimate of drug-likeness (QED) is 0.841. The van der Waals surface area contributed by atoms with Crippen molar-refractivity contribution in [1.29, 1.82) is 0 Å². The Kier molecular flexibility index (Phi) is 3.97. The normalized spacial score (nSPS) is 15.8. The largest absolute Gasteiger partial charge is 0.405 e. The molecule has 0 aliphatic carbocycles. The van der Waals surface area contributed by atoms with Crippen molar-refractivity contribution in [3.8, 4) is 0 Å². The second kappa shape index (κ2) is 5.33. The molecule has 1 aromatic heterocycles. The standard InChI is InChI=1S/C14H18N2S2/c1-4-14(3,10(2)9-15)18-13-16-11-7-5-6-8-12(11)17-13/h5-9H,4,15H2,1-3H3/b10-9+. The van der Waals surface area contributed by atoms with E-state index in [1.165, 1.54) is 10.3 Å². The molecule has 0 aliphatic heterocycles. The number of nitrogens with zero attached hydrogens (tertiary/aromatic N) is 1. The van der Waals surface area contributed by atoms with E-state index in [9.17, 15) is 0 Å². The van der Waals surface area contributed by atoms with Crippen LogP contribution >= 0.6 is 23.1 Å². The van der Waals surface area contributed by atoms with Crippen molar-refractivity contribution >= 4 is 33.3 Å². The van der Waals surface area contributed by atoms with Gasteiger partial charge in [-0.3, -0.25) is 0 Å². The van der Waals surface area contributed by atoms with Gasteiger partial charge in [0.2, 0.25) is 0 Å². The van der Waals surface area contributed by atoms with Gasteiger partial charge in [-0.25, -0.2) is 4.98 Å². The van der Waals surface area contributed by atoms with Gasteiger partial charge in [-0.1, -0.05) is 30.8 Å². The first-order valence-electron chi connectivity index (χ1n) is 6.02. The molecule has 2 aromatic rings. The third kappa shape index (κ3) is 2.54. The average Bonchev–Trinajstić information content (AvgIpc) is 2.79. The van der Waals surface area contributed by atoms with Gasteiger partial charge in [0.15, 0.2) is 4.34 Å². The Morgan fingerprint density at radius 2 is 2.22 bits per heavy atom. The summed E-state index contributed by atoms with van der Waals surface area (Å²) in [6, 6.07) is 8.26. The number of thiazole rings is 1. The van der Waals surface area contributed by atoms with Gasteiger partial charge in [0.1, 0.15) is 0 Å². The zero-order valence-corrected chi connectivity index (χ0v) is 12.6. The summed E-state index contributed by atoms with van der Waals surface area (Å²) in [7, 11) is 0. The summed E-state index contributed by atoms with van der Waals surface area (Å²) in [5.41, 5.74) is 7.95. The average molecular weight is 278 g/mol. The van der Waals surface area contributed by atoms with Crippen LogP contribution in [0.25, 0.3) is 10.2 Å². The topological polar surface area (TPSA) is 38.9 Å². The van der Waals surface area contributed by atoms with Crippen LogP contribution in [0.5, 0.6) is 0 Å². The van der Waals surface area contributed by atoms with Gasteiger partial charge in [-0.2, -0.15) is 0 Å². The molecule has 0 fully saturated rings. The molecule has 0 bridgehead atoms. The zero-order valence-electron chi connectivity index (χ0n) is 10.9. The number of fused-ring (bicyclic) bond motifs is 1. The molecule has 0 spiro atoms. The van der Waals surface area contributed by atoms with Crippen molar-refractivity contribution in [3.63, 3.8) is 0 Å². The molecule has 0 radical (unpaired) electrons. The van der Waals surface area contributed by atoms with E-state index >= 15 is 0 Å². The Hall–Kier alpha value is -1.00. The minimum atomic E-state index is 0.0304. The van der Waals surface area contributed by atoms with E-state index in [4.69, 9.17) is 5.73 Å². The summed E-state index contributed by atoms with van der Waals surface area (Å²) in [6.07, 6.45) is 2.75. The van der Waals surface area contributed by atoms with E-state index < -0.39 is 0 Å². The highest BCUT2D eigenvalue weighted by Crippen LogP contribution is 2.43. The second-order valence-corrected chi connectivity index (χ2v) is 7.26. The molecule has 0 amide bonds. The maximum absolute atomic E-state index is 5.67. The van der Waals surface area contributed by atoms with E-state index in [-0.39, 0.29) is 4.75 Å². The summed E-state index contributed by atoms with van der Waals surface area (Å²) in [5.74, 6) is 0. The van der Waals surface area contributed by atoms with Gasteiger partial charge in [-0.05, 0) is 44.2 Å². The fourth-order valence-corrected chi connectivity index (χ4v) is 4.28. The van der Waals surface area contributed by atoms with Crippen LogP contribution in [-0.4, -0.2) is 9.73 Å². The smallest absolute Gasteiger partial charge is 0.151 e. The van der Waals surface area contributed by atoms with Crippen molar-refractivity contribution in [2.75, 3.05) is 0 Å². The number of benzene rings is 1. The summed E-state index contributed by atoms with van der Waals surface area (Å²) in [5, 5.41) is 0. The van der Waals surface area contributed by atoms with Gasteiger partial charge in [0.25, 0.3) is 0 Å². The highest BCUT2D eigenvalue weighted by molar-refractivity contribution is 8.02. The highest BCUT2D eigenvalue weighted by Gasteiger charge is 2.27. The van der Waals surface area contributed by atoms with E-state index in [1.54, 1.807) is 17.5 Å². The van der Waals surface area contributed by atoms with Gasteiger partial charge < -0.3 is 5.73 Å². The van der Waals surface area contributed by atoms with Crippen LogP contribution in [0.4, 0.5) is 0 Å². The zero-order chi connectivity index (χ0) is 13.2. The fraction of sp³-hybridized carbons (Fsp3) is 0.357. The molecule has 4 heteroatoms. The molecule has 2 rings (SSSR count). The lowest BCUT2D eigenvalue weighted by molar-refractivity contribution is 0.709.